The van der Waals surface area contributed by atoms with Crippen LogP contribution in [-0.4, -0.2) is 29.0 Å². The monoisotopic (exact) mass is 278 g/mol. The van der Waals surface area contributed by atoms with Crippen molar-refractivity contribution in [2.24, 2.45) is 0 Å². The second kappa shape index (κ2) is 5.49. The zero-order valence-electron chi connectivity index (χ0n) is 8.86. The molecular weight excluding hydrogens is 264 g/mol. The second-order valence-electron chi connectivity index (χ2n) is 3.67. The maximum absolute atomic E-state index is 10.8. The summed E-state index contributed by atoms with van der Waals surface area (Å²) in [6.45, 7) is 2.77. The molecule has 0 heterocycles. The number of alkyl halides is 1. The molecule has 0 aromatic rings. The Hall–Kier alpha value is -0.580. The fraction of sp³-hybridized carbons (Fsp3) is 0.800. The molecule has 0 aromatic carbocycles. The van der Waals surface area contributed by atoms with Gasteiger partial charge in [0.1, 0.15) is 12.2 Å². The van der Waals surface area contributed by atoms with Crippen molar-refractivity contribution in [3.05, 3.63) is 0 Å². The molecule has 4 nitrogen and oxygen atoms in total. The van der Waals surface area contributed by atoms with E-state index in [2.05, 4.69) is 15.9 Å². The van der Waals surface area contributed by atoms with Crippen LogP contribution in [0.2, 0.25) is 0 Å². The molecule has 86 valence electrons. The quantitative estimate of drug-likeness (QED) is 0.571. The zero-order valence-corrected chi connectivity index (χ0v) is 10.5. The summed E-state index contributed by atoms with van der Waals surface area (Å²) in [4.78, 5) is 21.6. The summed E-state index contributed by atoms with van der Waals surface area (Å²) in [5, 5.41) is 0. The van der Waals surface area contributed by atoms with Gasteiger partial charge in [-0.15, -0.1) is 0 Å². The lowest BCUT2D eigenvalue weighted by molar-refractivity contribution is -0.154. The van der Waals surface area contributed by atoms with Gasteiger partial charge in [-0.3, -0.25) is 9.59 Å². The molecule has 0 aromatic heterocycles. The fourth-order valence-electron chi connectivity index (χ4n) is 1.75. The third-order valence-electron chi connectivity index (χ3n) is 2.32. The lowest BCUT2D eigenvalue weighted by atomic mass is 9.94. The van der Waals surface area contributed by atoms with Crippen molar-refractivity contribution in [3.63, 3.8) is 0 Å². The molecular formula is C10H15BrO4. The molecule has 0 radical (unpaired) electrons. The van der Waals surface area contributed by atoms with Crippen LogP contribution in [0, 0.1) is 0 Å². The van der Waals surface area contributed by atoms with Gasteiger partial charge >= 0.3 is 11.9 Å². The number of esters is 2. The molecule has 1 aliphatic carbocycles. The van der Waals surface area contributed by atoms with Gasteiger partial charge in [0, 0.05) is 13.8 Å². The van der Waals surface area contributed by atoms with E-state index in [1.165, 1.54) is 13.8 Å². The molecule has 1 saturated carbocycles. The van der Waals surface area contributed by atoms with Crippen LogP contribution in [0.5, 0.6) is 0 Å². The van der Waals surface area contributed by atoms with Gasteiger partial charge in [0.25, 0.3) is 0 Å². The van der Waals surface area contributed by atoms with Crippen molar-refractivity contribution < 1.29 is 19.1 Å². The molecule has 5 heteroatoms. The normalized spacial score (nSPS) is 27.1. The predicted molar refractivity (Wildman–Crippen MR) is 57.7 cm³/mol. The maximum atomic E-state index is 10.8. The van der Waals surface area contributed by atoms with Gasteiger partial charge in [0.05, 0.1) is 4.83 Å². The van der Waals surface area contributed by atoms with Crippen LogP contribution < -0.4 is 0 Å². The van der Waals surface area contributed by atoms with E-state index in [1.807, 2.05) is 0 Å². The molecule has 1 fully saturated rings. The Balaban J connectivity index is 2.54. The van der Waals surface area contributed by atoms with Gasteiger partial charge in [-0.25, -0.2) is 0 Å². The number of carbonyl (C=O) groups is 2. The minimum absolute atomic E-state index is 0.0981. The smallest absolute Gasteiger partial charge is 0.302 e. The Morgan fingerprint density at radius 2 is 1.47 bits per heavy atom. The van der Waals surface area contributed by atoms with E-state index in [4.69, 9.17) is 9.47 Å². The molecule has 0 unspecified atom stereocenters. The number of hydrogen-bond acceptors (Lipinski definition) is 4. The lowest BCUT2D eigenvalue weighted by Crippen LogP contribution is -2.41. The van der Waals surface area contributed by atoms with Crippen LogP contribution in [0.1, 0.15) is 33.1 Å². The Bertz CT molecular complexity index is 230. The molecule has 0 amide bonds. The first kappa shape index (κ1) is 12.5. The highest BCUT2D eigenvalue weighted by Gasteiger charge is 2.35. The highest BCUT2D eigenvalue weighted by atomic mass is 79.9. The average Bonchev–Trinajstić information content (AvgIpc) is 2.10. The molecule has 0 N–H and O–H groups in total. The van der Waals surface area contributed by atoms with Gasteiger partial charge < -0.3 is 9.47 Å². The van der Waals surface area contributed by atoms with Crippen molar-refractivity contribution in [3.8, 4) is 0 Å². The van der Waals surface area contributed by atoms with E-state index < -0.39 is 0 Å². The standard InChI is InChI=1S/C10H15BrO4/c1-6(12)14-8-4-3-5-9(10(8)11)15-7(2)13/h8-10H,3-5H2,1-2H3/t8-,9-/m0/s1. The molecule has 15 heavy (non-hydrogen) atoms. The first-order chi connectivity index (χ1) is 7.00. The maximum Gasteiger partial charge on any atom is 0.302 e. The third kappa shape index (κ3) is 3.81. The molecule has 0 saturated heterocycles. The van der Waals surface area contributed by atoms with E-state index in [0.717, 1.165) is 19.3 Å². The van der Waals surface area contributed by atoms with E-state index in [9.17, 15) is 9.59 Å². The highest BCUT2D eigenvalue weighted by Crippen LogP contribution is 2.29. The van der Waals surface area contributed by atoms with Crippen LogP contribution in [0.4, 0.5) is 0 Å². The van der Waals surface area contributed by atoms with E-state index >= 15 is 0 Å². The van der Waals surface area contributed by atoms with E-state index in [0.29, 0.717) is 0 Å². The van der Waals surface area contributed by atoms with E-state index in [-0.39, 0.29) is 29.0 Å². The van der Waals surface area contributed by atoms with Crippen molar-refractivity contribution in [2.45, 2.75) is 50.1 Å². The molecule has 0 bridgehead atoms. The molecule has 0 aliphatic heterocycles. The Labute approximate surface area is 97.4 Å². The van der Waals surface area contributed by atoms with E-state index in [1.54, 1.807) is 0 Å². The second-order valence-corrected chi connectivity index (χ2v) is 4.73. The SMILES string of the molecule is CC(=O)O[C@H]1CCC[C@H](OC(C)=O)C1Br. The Morgan fingerprint density at radius 1 is 1.07 bits per heavy atom. The summed E-state index contributed by atoms with van der Waals surface area (Å²) in [6.07, 6.45) is 2.14. The minimum atomic E-state index is -0.298. The summed E-state index contributed by atoms with van der Waals surface area (Å²) in [5.41, 5.74) is 0. The number of ether oxygens (including phenoxy) is 2. The summed E-state index contributed by atoms with van der Waals surface area (Å²) < 4.78 is 10.3. The van der Waals surface area contributed by atoms with Crippen molar-refractivity contribution in [2.75, 3.05) is 0 Å². The average molecular weight is 279 g/mol. The van der Waals surface area contributed by atoms with Crippen LogP contribution in [0.25, 0.3) is 0 Å². The third-order valence-corrected chi connectivity index (χ3v) is 3.50. The summed E-state index contributed by atoms with van der Waals surface area (Å²) in [7, 11) is 0. The van der Waals surface area contributed by atoms with Gasteiger partial charge in [-0.2, -0.15) is 0 Å². The summed E-state index contributed by atoms with van der Waals surface area (Å²) in [5.74, 6) is -0.596. The molecule has 0 spiro atoms. The minimum Gasteiger partial charge on any atom is -0.461 e. The number of rotatable bonds is 2. The van der Waals surface area contributed by atoms with Crippen molar-refractivity contribution in [1.29, 1.82) is 0 Å². The van der Waals surface area contributed by atoms with Crippen LogP contribution in [0.15, 0.2) is 0 Å². The number of hydrogen-bond donors (Lipinski definition) is 0. The van der Waals surface area contributed by atoms with Crippen molar-refractivity contribution in [1.82, 2.24) is 0 Å². The largest absolute Gasteiger partial charge is 0.461 e. The summed E-state index contributed by atoms with van der Waals surface area (Å²) >= 11 is 3.42. The topological polar surface area (TPSA) is 52.6 Å². The molecule has 1 aliphatic rings. The first-order valence-electron chi connectivity index (χ1n) is 4.99. The molecule has 2 atom stereocenters. The van der Waals surface area contributed by atoms with Crippen LogP contribution >= 0.6 is 15.9 Å². The van der Waals surface area contributed by atoms with Crippen LogP contribution in [0.3, 0.4) is 0 Å². The van der Waals surface area contributed by atoms with Gasteiger partial charge in [0.2, 0.25) is 0 Å². The highest BCUT2D eigenvalue weighted by molar-refractivity contribution is 9.09. The van der Waals surface area contributed by atoms with Crippen LogP contribution in [-0.2, 0) is 19.1 Å². The predicted octanol–water partition coefficient (Wildman–Crippen LogP) is 1.80. The first-order valence-corrected chi connectivity index (χ1v) is 5.90. The number of carbonyl (C=O) groups excluding carboxylic acids is 2. The summed E-state index contributed by atoms with van der Waals surface area (Å²) in [6, 6.07) is 0. The zero-order chi connectivity index (χ0) is 11.4. The number of halogens is 1. The molecule has 1 rings (SSSR count). The Kier molecular flexibility index (Phi) is 4.57. The van der Waals surface area contributed by atoms with Crippen molar-refractivity contribution >= 4 is 27.9 Å². The van der Waals surface area contributed by atoms with Gasteiger partial charge in [-0.05, 0) is 19.3 Å². The lowest BCUT2D eigenvalue weighted by Gasteiger charge is -2.33. The van der Waals surface area contributed by atoms with Gasteiger partial charge in [-0.1, -0.05) is 15.9 Å². The Morgan fingerprint density at radius 3 is 1.80 bits per heavy atom. The van der Waals surface area contributed by atoms with Gasteiger partial charge in [0.15, 0.2) is 0 Å². The fourth-order valence-corrected chi connectivity index (χ4v) is 2.50.